The maximum Gasteiger partial charge on any atom is 0.332 e. The first-order valence-electron chi connectivity index (χ1n) is 7.60. The first kappa shape index (κ1) is 18.3. The molecule has 0 fully saturated rings. The number of carbonyl (C=O) groups is 1. The van der Waals surface area contributed by atoms with E-state index in [-0.39, 0.29) is 17.2 Å². The van der Waals surface area contributed by atoms with Gasteiger partial charge < -0.3 is 9.88 Å². The molecule has 0 unspecified atom stereocenters. The highest BCUT2D eigenvalue weighted by molar-refractivity contribution is 7.99. The Morgan fingerprint density at radius 1 is 1.12 bits per heavy atom. The summed E-state index contributed by atoms with van der Waals surface area (Å²) in [6, 6.07) is 6.79. The Morgan fingerprint density at radius 3 is 2.42 bits per heavy atom. The second-order valence-corrected chi connectivity index (χ2v) is 7.05. The van der Waals surface area contributed by atoms with Crippen LogP contribution in [0.1, 0.15) is 0 Å². The molecule has 1 N–H and O–H groups in total. The van der Waals surface area contributed by atoms with Gasteiger partial charge in [-0.3, -0.25) is 18.7 Å². The lowest BCUT2D eigenvalue weighted by Gasteiger charge is -2.06. The number of nitrogens with one attached hydrogen (secondary N) is 1. The summed E-state index contributed by atoms with van der Waals surface area (Å²) in [5, 5.41) is 3.82. The number of benzene rings is 1. The summed E-state index contributed by atoms with van der Waals surface area (Å²) < 4.78 is 4.01. The number of imidazole rings is 1. The third-order valence-electron chi connectivity index (χ3n) is 3.88. The molecule has 0 bridgehead atoms. The van der Waals surface area contributed by atoms with Crippen LogP contribution in [0.25, 0.3) is 11.2 Å². The third kappa shape index (κ3) is 3.27. The predicted octanol–water partition coefficient (Wildman–Crippen LogP) is 1.35. The number of nitrogens with zero attached hydrogens (tertiary/aromatic N) is 4. The van der Waals surface area contributed by atoms with Crippen molar-refractivity contribution in [2.24, 2.45) is 21.1 Å². The summed E-state index contributed by atoms with van der Waals surface area (Å²) in [4.78, 5) is 40.7. The topological polar surface area (TPSA) is 90.9 Å². The van der Waals surface area contributed by atoms with Crippen LogP contribution in [0.3, 0.4) is 0 Å². The number of fused-ring (bicyclic) bond motifs is 1. The molecule has 3 rings (SSSR count). The van der Waals surface area contributed by atoms with E-state index in [0.29, 0.717) is 21.5 Å². The molecule has 1 aromatic carbocycles. The normalized spacial score (nSPS) is 11.1. The van der Waals surface area contributed by atoms with Gasteiger partial charge in [-0.1, -0.05) is 23.4 Å². The molecule has 0 saturated heterocycles. The highest BCUT2D eigenvalue weighted by atomic mass is 35.5. The lowest BCUT2D eigenvalue weighted by molar-refractivity contribution is -0.113. The van der Waals surface area contributed by atoms with E-state index in [9.17, 15) is 14.4 Å². The van der Waals surface area contributed by atoms with Crippen LogP contribution in [-0.2, 0) is 25.9 Å². The van der Waals surface area contributed by atoms with E-state index >= 15 is 0 Å². The van der Waals surface area contributed by atoms with Crippen molar-refractivity contribution < 1.29 is 4.79 Å². The Morgan fingerprint density at radius 2 is 1.77 bits per heavy atom. The van der Waals surface area contributed by atoms with Gasteiger partial charge in [0.05, 0.1) is 5.75 Å². The molecule has 2 aromatic heterocycles. The lowest BCUT2D eigenvalue weighted by atomic mass is 10.3. The number of aryl methyl sites for hydroxylation is 2. The molecule has 1 amide bonds. The van der Waals surface area contributed by atoms with Crippen LogP contribution < -0.4 is 16.6 Å². The molecule has 10 heteroatoms. The van der Waals surface area contributed by atoms with Crippen molar-refractivity contribution in [2.45, 2.75) is 5.16 Å². The first-order chi connectivity index (χ1) is 12.3. The van der Waals surface area contributed by atoms with Crippen LogP contribution in [0.2, 0.25) is 5.02 Å². The van der Waals surface area contributed by atoms with Crippen LogP contribution in [0.4, 0.5) is 5.69 Å². The largest absolute Gasteiger partial charge is 0.332 e. The summed E-state index contributed by atoms with van der Waals surface area (Å²) in [5.74, 6) is -0.111. The monoisotopic (exact) mass is 393 g/mol. The number of thioether (sulfide) groups is 1. The third-order valence-corrected chi connectivity index (χ3v) is 5.16. The van der Waals surface area contributed by atoms with Crippen molar-refractivity contribution in [1.82, 2.24) is 18.7 Å². The fraction of sp³-hybridized carbons (Fsp3) is 0.250. The minimum absolute atomic E-state index is 0.105. The minimum atomic E-state index is -0.462. The Labute approximate surface area is 157 Å². The van der Waals surface area contributed by atoms with E-state index in [1.54, 1.807) is 42.9 Å². The summed E-state index contributed by atoms with van der Waals surface area (Å²) in [6.45, 7) is 0. The van der Waals surface area contributed by atoms with Crippen LogP contribution in [0.5, 0.6) is 0 Å². The van der Waals surface area contributed by atoms with Crippen LogP contribution in [0, 0.1) is 0 Å². The standard InChI is InChI=1S/C16H16ClN5O3S/c1-20-13-12(14(24)22(3)16(25)21(13)2)19-15(20)26-8-11(23)18-10-6-4-9(17)5-7-10/h4-7H,8H2,1-3H3,(H,18,23). The highest BCUT2D eigenvalue weighted by Crippen LogP contribution is 2.21. The van der Waals surface area contributed by atoms with Gasteiger partial charge in [-0.05, 0) is 24.3 Å². The van der Waals surface area contributed by atoms with Crippen molar-refractivity contribution in [2.75, 3.05) is 11.1 Å². The van der Waals surface area contributed by atoms with Gasteiger partial charge in [-0.2, -0.15) is 0 Å². The minimum Gasteiger partial charge on any atom is -0.325 e. The molecule has 0 spiro atoms. The summed E-state index contributed by atoms with van der Waals surface area (Å²) >= 11 is 7.00. The number of hydrogen-bond acceptors (Lipinski definition) is 5. The maximum atomic E-state index is 12.2. The SMILES string of the molecule is Cn1c(=O)c2nc(SCC(=O)Nc3ccc(Cl)cc3)n(C)c2n(C)c1=O. The number of hydrogen-bond donors (Lipinski definition) is 1. The Hall–Kier alpha value is -2.52. The van der Waals surface area contributed by atoms with Crippen molar-refractivity contribution in [3.63, 3.8) is 0 Å². The average molecular weight is 394 g/mol. The van der Waals surface area contributed by atoms with E-state index < -0.39 is 11.2 Å². The van der Waals surface area contributed by atoms with Crippen molar-refractivity contribution in [1.29, 1.82) is 0 Å². The zero-order valence-electron chi connectivity index (χ0n) is 14.3. The van der Waals surface area contributed by atoms with E-state index in [0.717, 1.165) is 4.57 Å². The number of anilines is 1. The Balaban J connectivity index is 1.82. The molecule has 2 heterocycles. The number of amides is 1. The molecule has 0 aliphatic heterocycles. The van der Waals surface area contributed by atoms with Gasteiger partial charge in [-0.15, -0.1) is 0 Å². The molecule has 0 aliphatic carbocycles. The lowest BCUT2D eigenvalue weighted by Crippen LogP contribution is -2.37. The van der Waals surface area contributed by atoms with Crippen molar-refractivity contribution in [3.05, 3.63) is 50.1 Å². The van der Waals surface area contributed by atoms with Crippen LogP contribution in [0.15, 0.2) is 39.0 Å². The second kappa shape index (κ2) is 7.00. The van der Waals surface area contributed by atoms with Crippen molar-refractivity contribution >= 4 is 46.1 Å². The highest BCUT2D eigenvalue weighted by Gasteiger charge is 2.17. The molecular weight excluding hydrogens is 378 g/mol. The second-order valence-electron chi connectivity index (χ2n) is 5.68. The molecular formula is C16H16ClN5O3S. The maximum absolute atomic E-state index is 12.2. The summed E-state index contributed by atoms with van der Waals surface area (Å²) in [5.41, 5.74) is 0.358. The van der Waals surface area contributed by atoms with E-state index in [1.165, 1.54) is 23.4 Å². The predicted molar refractivity (Wildman–Crippen MR) is 102 cm³/mol. The molecule has 136 valence electrons. The molecule has 0 saturated carbocycles. The molecule has 0 aliphatic rings. The molecule has 0 radical (unpaired) electrons. The fourth-order valence-corrected chi connectivity index (χ4v) is 3.44. The van der Waals surface area contributed by atoms with Gasteiger partial charge in [0.1, 0.15) is 0 Å². The van der Waals surface area contributed by atoms with Gasteiger partial charge >= 0.3 is 5.69 Å². The Kier molecular flexibility index (Phi) is 4.92. The smallest absolute Gasteiger partial charge is 0.325 e. The fourth-order valence-electron chi connectivity index (χ4n) is 2.55. The van der Waals surface area contributed by atoms with Gasteiger partial charge in [0, 0.05) is 31.9 Å². The molecule has 26 heavy (non-hydrogen) atoms. The van der Waals surface area contributed by atoms with Gasteiger partial charge in [0.2, 0.25) is 5.91 Å². The number of rotatable bonds is 4. The van der Waals surface area contributed by atoms with Crippen molar-refractivity contribution in [3.8, 4) is 0 Å². The van der Waals surface area contributed by atoms with E-state index in [2.05, 4.69) is 10.3 Å². The average Bonchev–Trinajstić information content (AvgIpc) is 2.95. The Bertz CT molecular complexity index is 1110. The number of halogens is 1. The van der Waals surface area contributed by atoms with Gasteiger partial charge in [-0.25, -0.2) is 9.78 Å². The zero-order chi connectivity index (χ0) is 19.0. The zero-order valence-corrected chi connectivity index (χ0v) is 15.9. The molecule has 8 nitrogen and oxygen atoms in total. The molecule has 3 aromatic rings. The number of aromatic nitrogens is 4. The van der Waals surface area contributed by atoms with Gasteiger partial charge in [0.25, 0.3) is 5.56 Å². The first-order valence-corrected chi connectivity index (χ1v) is 8.96. The summed E-state index contributed by atoms with van der Waals surface area (Å²) in [6.07, 6.45) is 0. The summed E-state index contributed by atoms with van der Waals surface area (Å²) in [7, 11) is 4.69. The van der Waals surface area contributed by atoms with Crippen LogP contribution in [-0.4, -0.2) is 30.3 Å². The number of carbonyl (C=O) groups excluding carboxylic acids is 1. The van der Waals surface area contributed by atoms with Crippen LogP contribution >= 0.6 is 23.4 Å². The molecule has 0 atom stereocenters. The van der Waals surface area contributed by atoms with E-state index in [1.807, 2.05) is 0 Å². The quantitative estimate of drug-likeness (QED) is 0.676. The van der Waals surface area contributed by atoms with Gasteiger partial charge in [0.15, 0.2) is 16.3 Å². The van der Waals surface area contributed by atoms with E-state index in [4.69, 9.17) is 11.6 Å².